The maximum atomic E-state index is 11.6. The summed E-state index contributed by atoms with van der Waals surface area (Å²) in [4.78, 5) is 26.1. The zero-order chi connectivity index (χ0) is 11.0. The molecule has 0 saturated heterocycles. The van der Waals surface area contributed by atoms with Crippen molar-refractivity contribution in [2.24, 2.45) is 0 Å². The summed E-state index contributed by atoms with van der Waals surface area (Å²) < 4.78 is 1.44. The number of halogens is 1. The maximum absolute atomic E-state index is 11.6. The van der Waals surface area contributed by atoms with Crippen molar-refractivity contribution in [2.75, 3.05) is 0 Å². The van der Waals surface area contributed by atoms with Gasteiger partial charge in [0.25, 0.3) is 0 Å². The van der Waals surface area contributed by atoms with Gasteiger partial charge in [-0.1, -0.05) is 18.5 Å². The third-order valence-electron chi connectivity index (χ3n) is 2.11. The summed E-state index contributed by atoms with van der Waals surface area (Å²) in [6, 6.07) is 0. The van der Waals surface area contributed by atoms with E-state index in [1.54, 1.807) is 5.38 Å². The second kappa shape index (κ2) is 3.83. The van der Waals surface area contributed by atoms with Gasteiger partial charge < -0.3 is 9.55 Å². The quantitative estimate of drug-likeness (QED) is 0.820. The average Bonchev–Trinajstić information content (AvgIpc) is 2.55. The number of fused-ring (bicyclic) bond motifs is 1. The summed E-state index contributed by atoms with van der Waals surface area (Å²) in [5, 5.41) is 2.23. The second-order valence-corrected chi connectivity index (χ2v) is 4.46. The Morgan fingerprint density at radius 3 is 2.93 bits per heavy atom. The highest BCUT2D eigenvalue weighted by Gasteiger charge is 2.11. The molecule has 1 N–H and O–H groups in total. The van der Waals surface area contributed by atoms with Gasteiger partial charge in [-0.05, 0) is 6.42 Å². The zero-order valence-electron chi connectivity index (χ0n) is 8.04. The zero-order valence-corrected chi connectivity index (χ0v) is 9.61. The van der Waals surface area contributed by atoms with Crippen LogP contribution in [0.3, 0.4) is 0 Å². The third-order valence-corrected chi connectivity index (χ3v) is 3.41. The molecule has 4 nitrogen and oxygen atoms in total. The molecule has 0 amide bonds. The van der Waals surface area contributed by atoms with E-state index < -0.39 is 11.1 Å². The molecule has 0 atom stereocenters. The number of aromatic amines is 1. The molecule has 80 valence electrons. The highest BCUT2D eigenvalue weighted by Crippen LogP contribution is 2.26. The molecule has 2 heterocycles. The van der Waals surface area contributed by atoms with Crippen LogP contribution in [0.5, 0.6) is 0 Å². The van der Waals surface area contributed by atoms with Crippen LogP contribution in [-0.4, -0.2) is 9.55 Å². The monoisotopic (exact) mass is 244 g/mol. The predicted octanol–water partition coefficient (Wildman–Crippen LogP) is 1.81. The normalized spacial score (nSPS) is 11.1. The molecule has 0 unspecified atom stereocenters. The Hall–Kier alpha value is -1.07. The van der Waals surface area contributed by atoms with Gasteiger partial charge in [-0.3, -0.25) is 9.59 Å². The lowest BCUT2D eigenvalue weighted by molar-refractivity contribution is 0.670. The Bertz CT molecular complexity index is 611. The Kier molecular flexibility index (Phi) is 2.67. The van der Waals surface area contributed by atoms with E-state index in [0.29, 0.717) is 21.9 Å². The van der Waals surface area contributed by atoms with Crippen molar-refractivity contribution in [3.63, 3.8) is 0 Å². The van der Waals surface area contributed by atoms with E-state index in [2.05, 4.69) is 4.98 Å². The van der Waals surface area contributed by atoms with Crippen molar-refractivity contribution in [1.29, 1.82) is 0 Å². The largest absolute Gasteiger partial charge is 0.316 e. The lowest BCUT2D eigenvalue weighted by atomic mass is 10.4. The van der Waals surface area contributed by atoms with Crippen molar-refractivity contribution >= 4 is 33.3 Å². The molecule has 0 saturated carbocycles. The lowest BCUT2D eigenvalue weighted by Gasteiger charge is -2.04. The van der Waals surface area contributed by atoms with Gasteiger partial charge in [0.05, 0.1) is 10.5 Å². The Labute approximate surface area is 94.1 Å². The number of thiophene rings is 1. The molecule has 0 radical (unpaired) electrons. The minimum absolute atomic E-state index is 0.510. The first-order valence-electron chi connectivity index (χ1n) is 4.55. The molecule has 0 aliphatic carbocycles. The molecule has 0 bridgehead atoms. The fraction of sp³-hybridized carbons (Fsp3) is 0.333. The summed E-state index contributed by atoms with van der Waals surface area (Å²) in [6.45, 7) is 2.45. The average molecular weight is 245 g/mol. The number of H-pyrrole nitrogens is 1. The van der Waals surface area contributed by atoms with E-state index in [0.717, 1.165) is 6.42 Å². The Morgan fingerprint density at radius 2 is 2.27 bits per heavy atom. The number of hydrogen-bond donors (Lipinski definition) is 1. The summed E-state index contributed by atoms with van der Waals surface area (Å²) in [7, 11) is 0. The first-order valence-corrected chi connectivity index (χ1v) is 5.80. The number of rotatable bonds is 2. The van der Waals surface area contributed by atoms with Crippen LogP contribution in [0.25, 0.3) is 10.3 Å². The van der Waals surface area contributed by atoms with Crippen molar-refractivity contribution in [2.45, 2.75) is 19.9 Å². The molecule has 15 heavy (non-hydrogen) atoms. The van der Waals surface area contributed by atoms with E-state index in [4.69, 9.17) is 11.6 Å². The standard InChI is InChI=1S/C9H9ClN2O2S/c1-2-3-12-6-5(10)4-15-8(6)11-7(13)9(12)14/h4H,2-3H2,1H3,(H,11,13). The van der Waals surface area contributed by atoms with Crippen LogP contribution in [0.4, 0.5) is 0 Å². The van der Waals surface area contributed by atoms with Crippen molar-refractivity contribution < 1.29 is 0 Å². The number of aryl methyl sites for hydroxylation is 1. The van der Waals surface area contributed by atoms with Crippen molar-refractivity contribution in [3.05, 3.63) is 31.1 Å². The van der Waals surface area contributed by atoms with Gasteiger partial charge in [0.2, 0.25) is 0 Å². The number of hydrogen-bond acceptors (Lipinski definition) is 3. The van der Waals surface area contributed by atoms with Crippen LogP contribution in [0.2, 0.25) is 5.02 Å². The number of nitrogens with zero attached hydrogens (tertiary/aromatic N) is 1. The molecular weight excluding hydrogens is 236 g/mol. The fourth-order valence-corrected chi connectivity index (χ4v) is 2.69. The Morgan fingerprint density at radius 1 is 1.53 bits per heavy atom. The molecule has 0 fully saturated rings. The molecule has 2 aromatic heterocycles. The van der Waals surface area contributed by atoms with E-state index in [-0.39, 0.29) is 0 Å². The van der Waals surface area contributed by atoms with Crippen LogP contribution in [0.15, 0.2) is 15.0 Å². The molecule has 2 rings (SSSR count). The van der Waals surface area contributed by atoms with E-state index in [1.807, 2.05) is 6.92 Å². The molecule has 0 aliphatic heterocycles. The first-order chi connectivity index (χ1) is 7.15. The van der Waals surface area contributed by atoms with Crippen LogP contribution in [-0.2, 0) is 6.54 Å². The first kappa shape index (κ1) is 10.4. The van der Waals surface area contributed by atoms with Gasteiger partial charge in [-0.2, -0.15) is 0 Å². The minimum Gasteiger partial charge on any atom is -0.308 e. The molecule has 6 heteroatoms. The van der Waals surface area contributed by atoms with Gasteiger partial charge in [0, 0.05) is 11.9 Å². The summed E-state index contributed by atoms with van der Waals surface area (Å²) in [5.74, 6) is 0. The summed E-state index contributed by atoms with van der Waals surface area (Å²) in [5.41, 5.74) is -0.493. The van der Waals surface area contributed by atoms with E-state index in [9.17, 15) is 9.59 Å². The van der Waals surface area contributed by atoms with Gasteiger partial charge in [0.15, 0.2) is 0 Å². The summed E-state index contributed by atoms with van der Waals surface area (Å²) >= 11 is 7.30. The second-order valence-electron chi connectivity index (χ2n) is 3.17. The molecule has 2 aromatic rings. The maximum Gasteiger partial charge on any atom is 0.316 e. The molecule has 0 aromatic carbocycles. The van der Waals surface area contributed by atoms with Gasteiger partial charge in [-0.25, -0.2) is 0 Å². The fourth-order valence-electron chi connectivity index (χ4n) is 1.49. The smallest absolute Gasteiger partial charge is 0.308 e. The summed E-state index contributed by atoms with van der Waals surface area (Å²) in [6.07, 6.45) is 0.782. The van der Waals surface area contributed by atoms with Crippen LogP contribution < -0.4 is 11.1 Å². The lowest BCUT2D eigenvalue weighted by Crippen LogP contribution is -2.35. The Balaban J connectivity index is 2.93. The van der Waals surface area contributed by atoms with Crippen LogP contribution in [0, 0.1) is 0 Å². The predicted molar refractivity (Wildman–Crippen MR) is 62.0 cm³/mol. The molecule has 0 spiro atoms. The van der Waals surface area contributed by atoms with Gasteiger partial charge in [0.1, 0.15) is 4.83 Å². The molecular formula is C9H9ClN2O2S. The third kappa shape index (κ3) is 1.61. The van der Waals surface area contributed by atoms with Crippen LogP contribution in [0.1, 0.15) is 13.3 Å². The van der Waals surface area contributed by atoms with Crippen molar-refractivity contribution in [1.82, 2.24) is 9.55 Å². The van der Waals surface area contributed by atoms with E-state index >= 15 is 0 Å². The minimum atomic E-state index is -0.588. The SMILES string of the molecule is CCCn1c(=O)c(=O)[nH]c2scc(Cl)c21. The van der Waals surface area contributed by atoms with Gasteiger partial charge >= 0.3 is 11.1 Å². The number of nitrogens with one attached hydrogen (secondary N) is 1. The van der Waals surface area contributed by atoms with Gasteiger partial charge in [-0.15, -0.1) is 11.3 Å². The van der Waals surface area contributed by atoms with Crippen molar-refractivity contribution in [3.8, 4) is 0 Å². The highest BCUT2D eigenvalue weighted by atomic mass is 35.5. The number of aromatic nitrogens is 2. The topological polar surface area (TPSA) is 54.9 Å². The highest BCUT2D eigenvalue weighted by molar-refractivity contribution is 7.17. The van der Waals surface area contributed by atoms with Crippen LogP contribution >= 0.6 is 22.9 Å². The van der Waals surface area contributed by atoms with E-state index in [1.165, 1.54) is 15.9 Å². The molecule has 0 aliphatic rings.